The van der Waals surface area contributed by atoms with Crippen molar-refractivity contribution < 1.29 is 9.90 Å². The van der Waals surface area contributed by atoms with E-state index < -0.39 is 6.61 Å². The maximum atomic E-state index is 10.5. The highest BCUT2D eigenvalue weighted by atomic mass is 16.3. The molecule has 0 aliphatic rings. The highest BCUT2D eigenvalue weighted by Crippen LogP contribution is 1.91. The number of unbranched alkanes of at least 4 members (excludes halogenated alkanes) is 2. The molecular formula is C8H18N2O2. The molecule has 0 aliphatic carbocycles. The second-order valence-electron chi connectivity index (χ2n) is 2.67. The number of hydrogen-bond donors (Lipinski definition) is 3. The highest BCUT2D eigenvalue weighted by molar-refractivity contribution is 5.76. The first-order chi connectivity index (χ1) is 5.81. The van der Waals surface area contributed by atoms with Crippen molar-refractivity contribution in [3.63, 3.8) is 0 Å². The van der Waals surface area contributed by atoms with Gasteiger partial charge in [-0.1, -0.05) is 6.42 Å². The summed E-state index contributed by atoms with van der Waals surface area (Å²) in [5, 5.41) is 14.0. The molecule has 12 heavy (non-hydrogen) atoms. The van der Waals surface area contributed by atoms with E-state index in [0.717, 1.165) is 25.8 Å². The van der Waals surface area contributed by atoms with Crippen molar-refractivity contribution in [3.05, 3.63) is 0 Å². The summed E-state index contributed by atoms with van der Waals surface area (Å²) in [4.78, 5) is 10.5. The summed E-state index contributed by atoms with van der Waals surface area (Å²) in [6.45, 7) is 1.29. The van der Waals surface area contributed by atoms with Gasteiger partial charge in [0.2, 0.25) is 5.91 Å². The van der Waals surface area contributed by atoms with Gasteiger partial charge >= 0.3 is 0 Å². The summed E-state index contributed by atoms with van der Waals surface area (Å²) in [6.07, 6.45) is 3.21. The van der Waals surface area contributed by atoms with E-state index in [-0.39, 0.29) is 5.91 Å². The highest BCUT2D eigenvalue weighted by Gasteiger charge is 1.95. The number of hydrogen-bond acceptors (Lipinski definition) is 3. The molecule has 0 fully saturated rings. The lowest BCUT2D eigenvalue weighted by atomic mass is 10.2. The van der Waals surface area contributed by atoms with Crippen LogP contribution in [0.15, 0.2) is 0 Å². The van der Waals surface area contributed by atoms with Gasteiger partial charge in [0.15, 0.2) is 0 Å². The van der Waals surface area contributed by atoms with E-state index in [1.807, 2.05) is 7.05 Å². The zero-order valence-corrected chi connectivity index (χ0v) is 7.60. The lowest BCUT2D eigenvalue weighted by molar-refractivity contribution is -0.123. The zero-order valence-electron chi connectivity index (χ0n) is 7.60. The van der Waals surface area contributed by atoms with Gasteiger partial charge in [0.05, 0.1) is 0 Å². The molecule has 0 atom stereocenters. The van der Waals surface area contributed by atoms with Gasteiger partial charge in [-0.05, 0) is 26.4 Å². The van der Waals surface area contributed by atoms with Crippen LogP contribution in [0.1, 0.15) is 19.3 Å². The van der Waals surface area contributed by atoms with Crippen LogP contribution in [0.2, 0.25) is 0 Å². The zero-order chi connectivity index (χ0) is 9.23. The maximum absolute atomic E-state index is 10.5. The number of nitrogens with one attached hydrogen (secondary N) is 2. The summed E-state index contributed by atoms with van der Waals surface area (Å²) < 4.78 is 0. The van der Waals surface area contributed by atoms with Crippen LogP contribution < -0.4 is 10.6 Å². The van der Waals surface area contributed by atoms with Crippen molar-refractivity contribution in [2.24, 2.45) is 0 Å². The second kappa shape index (κ2) is 8.49. The molecule has 0 bridgehead atoms. The maximum Gasteiger partial charge on any atom is 0.245 e. The molecule has 0 aliphatic heterocycles. The van der Waals surface area contributed by atoms with Crippen molar-refractivity contribution >= 4 is 5.91 Å². The number of amides is 1. The van der Waals surface area contributed by atoms with E-state index in [1.165, 1.54) is 0 Å². The van der Waals surface area contributed by atoms with Gasteiger partial charge < -0.3 is 15.7 Å². The Morgan fingerprint density at radius 1 is 1.25 bits per heavy atom. The third-order valence-electron chi connectivity index (χ3n) is 1.57. The van der Waals surface area contributed by atoms with Crippen molar-refractivity contribution in [1.29, 1.82) is 0 Å². The molecule has 0 aromatic carbocycles. The van der Waals surface area contributed by atoms with Crippen LogP contribution in [0.25, 0.3) is 0 Å². The fraction of sp³-hybridized carbons (Fsp3) is 0.875. The molecule has 0 heterocycles. The quantitative estimate of drug-likeness (QED) is 0.455. The van der Waals surface area contributed by atoms with Gasteiger partial charge in [-0.2, -0.15) is 0 Å². The summed E-state index contributed by atoms with van der Waals surface area (Å²) in [7, 11) is 1.92. The van der Waals surface area contributed by atoms with Crippen molar-refractivity contribution in [1.82, 2.24) is 10.6 Å². The normalized spacial score (nSPS) is 9.83. The van der Waals surface area contributed by atoms with Gasteiger partial charge in [-0.15, -0.1) is 0 Å². The monoisotopic (exact) mass is 174 g/mol. The molecule has 4 nitrogen and oxygen atoms in total. The minimum absolute atomic E-state index is 0.288. The molecule has 0 radical (unpaired) electrons. The van der Waals surface area contributed by atoms with E-state index in [4.69, 9.17) is 5.11 Å². The van der Waals surface area contributed by atoms with Gasteiger partial charge in [-0.3, -0.25) is 4.79 Å². The summed E-state index contributed by atoms with van der Waals surface area (Å²) >= 11 is 0. The molecule has 0 unspecified atom stereocenters. The fourth-order valence-corrected chi connectivity index (χ4v) is 0.887. The van der Waals surface area contributed by atoms with Crippen LogP contribution in [0.4, 0.5) is 0 Å². The first-order valence-corrected chi connectivity index (χ1v) is 4.33. The molecular weight excluding hydrogens is 156 g/mol. The van der Waals surface area contributed by atoms with E-state index in [1.54, 1.807) is 0 Å². The minimum Gasteiger partial charge on any atom is -0.387 e. The number of rotatable bonds is 7. The average molecular weight is 174 g/mol. The molecule has 0 saturated carbocycles. The van der Waals surface area contributed by atoms with E-state index >= 15 is 0 Å². The second-order valence-corrected chi connectivity index (χ2v) is 2.67. The first kappa shape index (κ1) is 11.4. The van der Waals surface area contributed by atoms with E-state index in [2.05, 4.69) is 10.6 Å². The first-order valence-electron chi connectivity index (χ1n) is 4.33. The van der Waals surface area contributed by atoms with Gasteiger partial charge in [0.25, 0.3) is 0 Å². The number of aliphatic hydroxyl groups excluding tert-OH is 1. The Labute approximate surface area is 73.3 Å². The molecule has 1 amide bonds. The molecule has 0 saturated heterocycles. The Hall–Kier alpha value is -0.610. The molecule has 3 N–H and O–H groups in total. The molecule has 0 aromatic rings. The third kappa shape index (κ3) is 7.50. The summed E-state index contributed by atoms with van der Waals surface area (Å²) in [5.74, 6) is -0.288. The number of aliphatic hydroxyl groups is 1. The smallest absolute Gasteiger partial charge is 0.245 e. The van der Waals surface area contributed by atoms with Crippen molar-refractivity contribution in [2.45, 2.75) is 19.3 Å². The van der Waals surface area contributed by atoms with E-state index in [0.29, 0.717) is 6.54 Å². The predicted molar refractivity (Wildman–Crippen MR) is 47.9 cm³/mol. The van der Waals surface area contributed by atoms with Gasteiger partial charge in [-0.25, -0.2) is 0 Å². The Morgan fingerprint density at radius 3 is 2.50 bits per heavy atom. The lowest BCUT2D eigenvalue weighted by Crippen LogP contribution is -2.27. The molecule has 4 heteroatoms. The number of carbonyl (C=O) groups is 1. The Bertz CT molecular complexity index is 118. The number of carbonyl (C=O) groups excluding carboxylic acids is 1. The molecule has 72 valence electrons. The third-order valence-corrected chi connectivity index (χ3v) is 1.57. The van der Waals surface area contributed by atoms with Crippen LogP contribution in [-0.2, 0) is 4.79 Å². The van der Waals surface area contributed by atoms with Gasteiger partial charge in [0.1, 0.15) is 6.61 Å². The Balaban J connectivity index is 2.95. The predicted octanol–water partition coefficient (Wildman–Crippen LogP) is -0.515. The standard InChI is InChI=1S/C8H18N2O2/c1-9-5-3-2-4-6-10-8(12)7-11/h9,11H,2-7H2,1H3,(H,10,12). The largest absolute Gasteiger partial charge is 0.387 e. The minimum atomic E-state index is -0.406. The van der Waals surface area contributed by atoms with Crippen molar-refractivity contribution in [3.8, 4) is 0 Å². The van der Waals surface area contributed by atoms with Crippen LogP contribution >= 0.6 is 0 Å². The SMILES string of the molecule is CNCCCCCNC(=O)CO. The fourth-order valence-electron chi connectivity index (χ4n) is 0.887. The van der Waals surface area contributed by atoms with E-state index in [9.17, 15) is 4.79 Å². The van der Waals surface area contributed by atoms with Crippen LogP contribution in [-0.4, -0.2) is 37.8 Å². The lowest BCUT2D eigenvalue weighted by Gasteiger charge is -2.02. The molecule has 0 spiro atoms. The van der Waals surface area contributed by atoms with Crippen LogP contribution in [0.5, 0.6) is 0 Å². The topological polar surface area (TPSA) is 61.4 Å². The van der Waals surface area contributed by atoms with Crippen LogP contribution in [0, 0.1) is 0 Å². The Kier molecular flexibility index (Phi) is 8.05. The summed E-state index contributed by atoms with van der Waals surface area (Å²) in [5.41, 5.74) is 0. The molecule has 0 rings (SSSR count). The Morgan fingerprint density at radius 2 is 1.92 bits per heavy atom. The summed E-state index contributed by atoms with van der Waals surface area (Å²) in [6, 6.07) is 0. The van der Waals surface area contributed by atoms with Crippen LogP contribution in [0.3, 0.4) is 0 Å². The molecule has 0 aromatic heterocycles. The average Bonchev–Trinajstić information content (AvgIpc) is 2.10. The van der Waals surface area contributed by atoms with Gasteiger partial charge in [0, 0.05) is 6.54 Å². The van der Waals surface area contributed by atoms with Crippen molar-refractivity contribution in [2.75, 3.05) is 26.7 Å².